The maximum Gasteiger partial charge on any atom is 0.166 e. The fourth-order valence-corrected chi connectivity index (χ4v) is 1.18. The summed E-state index contributed by atoms with van der Waals surface area (Å²) < 4.78 is 0. The molecule has 0 aromatic heterocycles. The Morgan fingerprint density at radius 1 is 1.36 bits per heavy atom. The van der Waals surface area contributed by atoms with Crippen LogP contribution in [0.3, 0.4) is 0 Å². The van der Waals surface area contributed by atoms with Gasteiger partial charge in [0.1, 0.15) is 0 Å². The number of carbonyl (C=O) groups is 1. The van der Waals surface area contributed by atoms with Gasteiger partial charge >= 0.3 is 0 Å². The van der Waals surface area contributed by atoms with Crippen LogP contribution in [-0.4, -0.2) is 13.3 Å². The van der Waals surface area contributed by atoms with Crippen LogP contribution in [0.2, 0.25) is 0 Å². The molecule has 1 aromatic rings. The maximum atomic E-state index is 10.5. The van der Waals surface area contributed by atoms with Crippen LogP contribution in [-0.2, 0) is 4.79 Å². The molecule has 0 aliphatic heterocycles. The molecule has 2 N–H and O–H groups in total. The first-order valence-corrected chi connectivity index (χ1v) is 4.66. The van der Waals surface area contributed by atoms with E-state index in [9.17, 15) is 4.79 Å². The van der Waals surface area contributed by atoms with E-state index < -0.39 is 0 Å². The molecule has 0 fully saturated rings. The number of hydrogen-bond donors (Lipinski definition) is 3. The number of hydrogen-bond acceptors (Lipinski definition) is 4. The molecule has 0 saturated carbocycles. The Kier molecular flexibility index (Phi) is 4.07. The van der Waals surface area contributed by atoms with Gasteiger partial charge in [0.2, 0.25) is 0 Å². The SMILES string of the molecule is CNc1ccccc1N/C(C=O)=C\S. The first-order chi connectivity index (χ1) is 6.81. The third kappa shape index (κ3) is 2.53. The zero-order valence-corrected chi connectivity index (χ0v) is 8.71. The Labute approximate surface area is 88.6 Å². The lowest BCUT2D eigenvalue weighted by atomic mass is 10.2. The van der Waals surface area contributed by atoms with Gasteiger partial charge < -0.3 is 10.6 Å². The minimum absolute atomic E-state index is 0.427. The first kappa shape index (κ1) is 10.7. The lowest BCUT2D eigenvalue weighted by molar-refractivity contribution is -0.104. The van der Waals surface area contributed by atoms with Crippen molar-refractivity contribution in [2.75, 3.05) is 17.7 Å². The van der Waals surface area contributed by atoms with E-state index in [1.54, 1.807) is 0 Å². The van der Waals surface area contributed by atoms with Crippen molar-refractivity contribution in [2.24, 2.45) is 0 Å². The van der Waals surface area contributed by atoms with Crippen molar-refractivity contribution in [2.45, 2.75) is 0 Å². The Hall–Kier alpha value is -1.42. The van der Waals surface area contributed by atoms with Gasteiger partial charge in [0, 0.05) is 7.05 Å². The molecule has 4 heteroatoms. The molecule has 0 spiro atoms. The highest BCUT2D eigenvalue weighted by Gasteiger charge is 2.00. The Morgan fingerprint density at radius 2 is 2.00 bits per heavy atom. The molecule has 0 amide bonds. The molecule has 0 aliphatic carbocycles. The highest BCUT2D eigenvalue weighted by atomic mass is 32.1. The third-order valence-corrected chi connectivity index (χ3v) is 2.02. The predicted octanol–water partition coefficient (Wildman–Crippen LogP) is 2.11. The van der Waals surface area contributed by atoms with Crippen molar-refractivity contribution in [3.8, 4) is 0 Å². The average molecular weight is 208 g/mol. The molecule has 1 rings (SSSR count). The molecule has 0 heterocycles. The average Bonchev–Trinajstić information content (AvgIpc) is 2.26. The lowest BCUT2D eigenvalue weighted by Crippen LogP contribution is -2.02. The van der Waals surface area contributed by atoms with Gasteiger partial charge in [-0.15, -0.1) is 12.6 Å². The monoisotopic (exact) mass is 208 g/mol. The Morgan fingerprint density at radius 3 is 2.50 bits per heavy atom. The molecule has 3 nitrogen and oxygen atoms in total. The van der Waals surface area contributed by atoms with Crippen LogP contribution in [0.4, 0.5) is 11.4 Å². The number of aldehydes is 1. The summed E-state index contributed by atoms with van der Waals surface area (Å²) in [6, 6.07) is 7.61. The number of para-hydroxylation sites is 2. The van der Waals surface area contributed by atoms with Gasteiger partial charge in [-0.1, -0.05) is 12.1 Å². The van der Waals surface area contributed by atoms with E-state index in [2.05, 4.69) is 23.3 Å². The summed E-state index contributed by atoms with van der Waals surface area (Å²) >= 11 is 3.91. The van der Waals surface area contributed by atoms with E-state index >= 15 is 0 Å². The Bertz CT molecular complexity index is 350. The third-order valence-electron chi connectivity index (χ3n) is 1.74. The summed E-state index contributed by atoms with van der Waals surface area (Å²) in [6.45, 7) is 0. The summed E-state index contributed by atoms with van der Waals surface area (Å²) in [5, 5.41) is 7.40. The van der Waals surface area contributed by atoms with E-state index in [1.165, 1.54) is 5.41 Å². The number of benzene rings is 1. The molecule has 0 bridgehead atoms. The zero-order chi connectivity index (χ0) is 10.4. The Balaban J connectivity index is 2.90. The molecule has 0 radical (unpaired) electrons. The van der Waals surface area contributed by atoms with Gasteiger partial charge in [-0.05, 0) is 17.5 Å². The molecular weight excluding hydrogens is 196 g/mol. The molecule has 0 aliphatic rings. The van der Waals surface area contributed by atoms with Crippen molar-refractivity contribution in [3.05, 3.63) is 35.4 Å². The standard InChI is InChI=1S/C10H12N2OS/c1-11-9-4-2-3-5-10(9)12-8(6-13)7-14/h2-7,11-12,14H,1H3/b8-7-. The van der Waals surface area contributed by atoms with Gasteiger partial charge in [-0.2, -0.15) is 0 Å². The molecule has 1 aromatic carbocycles. The van der Waals surface area contributed by atoms with Crippen molar-refractivity contribution in [1.82, 2.24) is 0 Å². The van der Waals surface area contributed by atoms with E-state index in [0.717, 1.165) is 17.7 Å². The van der Waals surface area contributed by atoms with Crippen LogP contribution in [0.1, 0.15) is 0 Å². The van der Waals surface area contributed by atoms with Crippen LogP contribution in [0, 0.1) is 0 Å². The number of thiol groups is 1. The van der Waals surface area contributed by atoms with E-state index in [-0.39, 0.29) is 0 Å². The fourth-order valence-electron chi connectivity index (χ4n) is 1.06. The van der Waals surface area contributed by atoms with Crippen molar-refractivity contribution in [1.29, 1.82) is 0 Å². The van der Waals surface area contributed by atoms with Gasteiger partial charge in [0.05, 0.1) is 17.1 Å². The largest absolute Gasteiger partial charge is 0.386 e. The van der Waals surface area contributed by atoms with Gasteiger partial charge in [0.15, 0.2) is 6.29 Å². The summed E-state index contributed by atoms with van der Waals surface area (Å²) in [6.07, 6.45) is 0.722. The minimum atomic E-state index is 0.427. The topological polar surface area (TPSA) is 41.1 Å². The van der Waals surface area contributed by atoms with Crippen LogP contribution in [0.15, 0.2) is 35.4 Å². The van der Waals surface area contributed by atoms with Gasteiger partial charge in [0.25, 0.3) is 0 Å². The molecule has 74 valence electrons. The number of allylic oxidation sites excluding steroid dienone is 1. The lowest BCUT2D eigenvalue weighted by Gasteiger charge is -2.10. The molecule has 0 atom stereocenters. The quantitative estimate of drug-likeness (QED) is 0.403. The minimum Gasteiger partial charge on any atom is -0.386 e. The maximum absolute atomic E-state index is 10.5. The molecule has 0 saturated heterocycles. The smallest absolute Gasteiger partial charge is 0.166 e. The number of nitrogens with one attached hydrogen (secondary N) is 2. The van der Waals surface area contributed by atoms with Crippen LogP contribution < -0.4 is 10.6 Å². The molecular formula is C10H12N2OS. The molecule has 14 heavy (non-hydrogen) atoms. The normalized spacial score (nSPS) is 10.9. The summed E-state index contributed by atoms with van der Waals surface area (Å²) in [7, 11) is 1.82. The van der Waals surface area contributed by atoms with Crippen LogP contribution in [0.25, 0.3) is 0 Å². The summed E-state index contributed by atoms with van der Waals surface area (Å²) in [5.41, 5.74) is 2.21. The highest BCUT2D eigenvalue weighted by molar-refractivity contribution is 7.83. The van der Waals surface area contributed by atoms with Gasteiger partial charge in [-0.3, -0.25) is 4.79 Å². The second-order valence-electron chi connectivity index (χ2n) is 2.62. The fraction of sp³-hybridized carbons (Fsp3) is 0.100. The highest BCUT2D eigenvalue weighted by Crippen LogP contribution is 2.21. The van der Waals surface area contributed by atoms with Crippen LogP contribution >= 0.6 is 12.6 Å². The second kappa shape index (κ2) is 5.34. The van der Waals surface area contributed by atoms with E-state index in [0.29, 0.717) is 5.70 Å². The second-order valence-corrected chi connectivity index (χ2v) is 2.88. The summed E-state index contributed by atoms with van der Waals surface area (Å²) in [5.74, 6) is 0. The summed E-state index contributed by atoms with van der Waals surface area (Å²) in [4.78, 5) is 10.5. The number of rotatable bonds is 4. The molecule has 0 unspecified atom stereocenters. The van der Waals surface area contributed by atoms with Crippen molar-refractivity contribution >= 4 is 30.3 Å². The van der Waals surface area contributed by atoms with Crippen LogP contribution in [0.5, 0.6) is 0 Å². The zero-order valence-electron chi connectivity index (χ0n) is 7.82. The van der Waals surface area contributed by atoms with E-state index in [4.69, 9.17) is 0 Å². The van der Waals surface area contributed by atoms with Crippen molar-refractivity contribution < 1.29 is 4.79 Å². The van der Waals surface area contributed by atoms with Gasteiger partial charge in [-0.25, -0.2) is 0 Å². The van der Waals surface area contributed by atoms with Crippen molar-refractivity contribution in [3.63, 3.8) is 0 Å². The number of anilines is 2. The number of carbonyl (C=O) groups excluding carboxylic acids is 1. The first-order valence-electron chi connectivity index (χ1n) is 4.15. The van der Waals surface area contributed by atoms with E-state index in [1.807, 2.05) is 31.3 Å². The predicted molar refractivity (Wildman–Crippen MR) is 62.7 cm³/mol.